The number of hydrogen-bond acceptors (Lipinski definition) is 16. The summed E-state index contributed by atoms with van der Waals surface area (Å²) in [7, 11) is 0. The Bertz CT molecular complexity index is 1780. The van der Waals surface area contributed by atoms with Crippen LogP contribution in [-0.4, -0.2) is 104 Å². The molecule has 16 heteroatoms. The molecule has 1 aromatic rings. The molecule has 3 saturated heterocycles. The molecule has 4 saturated carbocycles. The summed E-state index contributed by atoms with van der Waals surface area (Å²) >= 11 is 0. The number of esters is 5. The van der Waals surface area contributed by atoms with Gasteiger partial charge in [0, 0.05) is 57.4 Å². The van der Waals surface area contributed by atoms with Gasteiger partial charge >= 0.3 is 29.8 Å². The van der Waals surface area contributed by atoms with Gasteiger partial charge in [-0.2, -0.15) is 0 Å². The maximum Gasteiger partial charge on any atom is 0.306 e. The second kappa shape index (κ2) is 10.3. The van der Waals surface area contributed by atoms with Crippen LogP contribution in [0.4, 0.5) is 0 Å². The molecule has 4 heterocycles. The van der Waals surface area contributed by atoms with Crippen molar-refractivity contribution in [3.05, 3.63) is 24.2 Å². The van der Waals surface area contributed by atoms with Gasteiger partial charge in [0.2, 0.25) is 0 Å². The molecule has 8 rings (SSSR count). The number of carbonyl (C=O) groups excluding carboxylic acids is 5. The first kappa shape index (κ1) is 35.5. The van der Waals surface area contributed by atoms with Crippen molar-refractivity contribution < 1.29 is 76.9 Å². The molecule has 52 heavy (non-hydrogen) atoms. The topological polar surface area (TPSA) is 224 Å². The number of ether oxygens (including phenoxy) is 7. The standard InChI is InChI=1S/C36H44O16/c1-8-31-12-22-30(7,24(47-16(2)37)20-9-10-45-13-20)25(48-17(3)38)26(49-18(4)39)36(44)32-15-46-23(41)11-21(32)29(6)14-33(32,42)34(43,27(29)50-19(5)40)28(51-31)35(22,36)52-31/h9-10,13,21-22,24-28,42-44H,8,11-12,14-15H2,1-7H3/t21-,22+,24-,25-,26+,27-,28+,29-,30+,31-,32+,33+,34-,35+,36-/m0/s1. The summed E-state index contributed by atoms with van der Waals surface area (Å²) in [6.45, 7) is 8.94. The van der Waals surface area contributed by atoms with Crippen LogP contribution in [0.15, 0.2) is 23.0 Å². The average Bonchev–Trinajstić information content (AvgIpc) is 3.85. The van der Waals surface area contributed by atoms with Gasteiger partial charge in [0.1, 0.15) is 41.7 Å². The number of cyclic esters (lactones) is 1. The monoisotopic (exact) mass is 732 g/mol. The van der Waals surface area contributed by atoms with Crippen LogP contribution < -0.4 is 0 Å². The van der Waals surface area contributed by atoms with E-state index in [2.05, 4.69) is 0 Å². The van der Waals surface area contributed by atoms with E-state index in [0.717, 1.165) is 20.8 Å². The van der Waals surface area contributed by atoms with E-state index < -0.39 is 130 Å². The van der Waals surface area contributed by atoms with Crippen LogP contribution in [0, 0.1) is 28.1 Å². The third-order valence-electron chi connectivity index (χ3n) is 14.2. The second-order valence-electron chi connectivity index (χ2n) is 16.4. The summed E-state index contributed by atoms with van der Waals surface area (Å²) < 4.78 is 49.2. The van der Waals surface area contributed by atoms with Gasteiger partial charge in [-0.25, -0.2) is 0 Å². The van der Waals surface area contributed by atoms with Crippen LogP contribution in [0.1, 0.15) is 85.8 Å². The van der Waals surface area contributed by atoms with Crippen LogP contribution in [0.5, 0.6) is 0 Å². The second-order valence-corrected chi connectivity index (χ2v) is 16.4. The van der Waals surface area contributed by atoms with Crippen molar-refractivity contribution in [3.63, 3.8) is 0 Å². The number of rotatable bonds is 7. The minimum Gasteiger partial charge on any atom is -0.472 e. The molecule has 0 radical (unpaired) electrons. The Morgan fingerprint density at radius 3 is 2.17 bits per heavy atom. The van der Waals surface area contributed by atoms with Gasteiger partial charge in [-0.15, -0.1) is 0 Å². The summed E-state index contributed by atoms with van der Waals surface area (Å²) in [4.78, 5) is 65.5. The molecular formula is C36H44O16. The Balaban J connectivity index is 1.52. The Morgan fingerprint density at radius 1 is 0.942 bits per heavy atom. The van der Waals surface area contributed by atoms with E-state index >= 15 is 0 Å². The summed E-state index contributed by atoms with van der Waals surface area (Å²) in [5.74, 6) is -7.73. The van der Waals surface area contributed by atoms with Crippen molar-refractivity contribution in [2.24, 2.45) is 28.1 Å². The predicted molar refractivity (Wildman–Crippen MR) is 167 cm³/mol. The number of fused-ring (bicyclic) bond motifs is 4. The van der Waals surface area contributed by atoms with Gasteiger partial charge in [-0.1, -0.05) is 20.8 Å². The third-order valence-corrected chi connectivity index (χ3v) is 14.2. The van der Waals surface area contributed by atoms with Crippen LogP contribution >= 0.6 is 0 Å². The van der Waals surface area contributed by atoms with E-state index in [0.29, 0.717) is 5.56 Å². The lowest BCUT2D eigenvalue weighted by Gasteiger charge is -2.77. The molecule has 7 fully saturated rings. The van der Waals surface area contributed by atoms with Crippen LogP contribution in [0.2, 0.25) is 0 Å². The van der Waals surface area contributed by atoms with Crippen LogP contribution in [-0.2, 0) is 57.1 Å². The maximum atomic E-state index is 14.3. The van der Waals surface area contributed by atoms with Crippen LogP contribution in [0.25, 0.3) is 0 Å². The molecule has 0 unspecified atom stereocenters. The molecule has 2 spiro atoms. The quantitative estimate of drug-likeness (QED) is 0.264. The molecule has 3 aliphatic heterocycles. The Morgan fingerprint density at radius 2 is 1.60 bits per heavy atom. The molecule has 1 aromatic heterocycles. The molecular weight excluding hydrogens is 688 g/mol. The fourth-order valence-corrected chi connectivity index (χ4v) is 12.8. The predicted octanol–water partition coefficient (Wildman–Crippen LogP) is 1.16. The molecule has 3 N–H and O–H groups in total. The zero-order valence-electron chi connectivity index (χ0n) is 30.0. The van der Waals surface area contributed by atoms with Gasteiger partial charge in [-0.05, 0) is 24.8 Å². The molecule has 284 valence electrons. The van der Waals surface area contributed by atoms with Crippen molar-refractivity contribution in [1.29, 1.82) is 0 Å². The Labute approximate surface area is 298 Å². The van der Waals surface area contributed by atoms with E-state index in [4.69, 9.17) is 37.6 Å². The summed E-state index contributed by atoms with van der Waals surface area (Å²) in [5.41, 5.74) is -14.7. The Hall–Kier alpha value is -3.57. The third kappa shape index (κ3) is 3.54. The zero-order valence-corrected chi connectivity index (χ0v) is 30.0. The average molecular weight is 733 g/mol. The lowest BCUT2D eigenvalue weighted by Crippen LogP contribution is -2.97. The number of hydrogen-bond donors (Lipinski definition) is 3. The smallest absolute Gasteiger partial charge is 0.306 e. The minimum atomic E-state index is -2.67. The molecule has 4 bridgehead atoms. The number of aliphatic hydroxyl groups is 3. The molecule has 16 nitrogen and oxygen atoms in total. The van der Waals surface area contributed by atoms with E-state index in [1.165, 1.54) is 19.5 Å². The van der Waals surface area contributed by atoms with E-state index in [1.807, 2.05) is 0 Å². The zero-order chi connectivity index (χ0) is 37.8. The van der Waals surface area contributed by atoms with Gasteiger partial charge in [-0.3, -0.25) is 24.0 Å². The van der Waals surface area contributed by atoms with Gasteiger partial charge in [0.25, 0.3) is 0 Å². The number of carbonyl (C=O) groups is 5. The van der Waals surface area contributed by atoms with Crippen molar-refractivity contribution >= 4 is 29.8 Å². The van der Waals surface area contributed by atoms with Crippen molar-refractivity contribution in [3.8, 4) is 0 Å². The molecule has 7 aliphatic rings. The summed E-state index contributed by atoms with van der Waals surface area (Å²) in [6, 6.07) is 1.55. The highest BCUT2D eigenvalue weighted by atomic mass is 16.8. The minimum absolute atomic E-state index is 0.0382. The fraction of sp³-hybridized carbons (Fsp3) is 0.750. The Kier molecular flexibility index (Phi) is 7.05. The lowest BCUT2D eigenvalue weighted by molar-refractivity contribution is -0.450. The maximum absolute atomic E-state index is 14.3. The summed E-state index contributed by atoms with van der Waals surface area (Å²) in [6.07, 6.45) is -5.99. The first-order chi connectivity index (χ1) is 24.2. The van der Waals surface area contributed by atoms with Gasteiger partial charge in [0.05, 0.1) is 23.4 Å². The van der Waals surface area contributed by atoms with Gasteiger partial charge < -0.3 is 52.9 Å². The van der Waals surface area contributed by atoms with Crippen molar-refractivity contribution in [2.45, 2.75) is 133 Å². The first-order valence-corrected chi connectivity index (χ1v) is 17.6. The normalized spacial score (nSPS) is 50.8. The SMILES string of the molecule is CC[C@@]12C[C@@H]3[C@](C)([C@@H](OC(C)=O)c4ccoc4)[C@@H](OC(C)=O)[C@@H](OC(C)=O)[C@@]4(O)[C@]3(O1)[C@H](O2)[C@@]1(O)[C@@H](OC(C)=O)[C@@]2(C)C[C@@]1(O)[C@]41COC(=O)C[C@@H]21. The van der Waals surface area contributed by atoms with Gasteiger partial charge in [0.15, 0.2) is 23.6 Å². The van der Waals surface area contributed by atoms with Crippen molar-refractivity contribution in [2.75, 3.05) is 6.61 Å². The number of furan rings is 1. The highest BCUT2D eigenvalue weighted by Crippen LogP contribution is 2.87. The van der Waals surface area contributed by atoms with E-state index in [-0.39, 0.29) is 19.3 Å². The first-order valence-electron chi connectivity index (χ1n) is 17.6. The molecule has 4 aliphatic carbocycles. The summed E-state index contributed by atoms with van der Waals surface area (Å²) in [5, 5.41) is 41.1. The fourth-order valence-electron chi connectivity index (χ4n) is 12.8. The highest BCUT2D eigenvalue weighted by Gasteiger charge is 3.04. The molecule has 0 amide bonds. The highest BCUT2D eigenvalue weighted by molar-refractivity contribution is 5.74. The van der Waals surface area contributed by atoms with E-state index in [1.54, 1.807) is 26.8 Å². The van der Waals surface area contributed by atoms with Crippen LogP contribution in [0.3, 0.4) is 0 Å². The van der Waals surface area contributed by atoms with Crippen molar-refractivity contribution in [1.82, 2.24) is 0 Å². The largest absolute Gasteiger partial charge is 0.472 e. The van der Waals surface area contributed by atoms with E-state index in [9.17, 15) is 39.3 Å². The molecule has 15 atom stereocenters. The molecule has 0 aromatic carbocycles. The lowest BCUT2D eigenvalue weighted by atomic mass is 9.32.